The molecule has 0 spiro atoms. The molecule has 0 atom stereocenters. The van der Waals surface area contributed by atoms with Crippen molar-refractivity contribution in [1.82, 2.24) is 0 Å². The van der Waals surface area contributed by atoms with Gasteiger partial charge in [-0.05, 0) is 24.6 Å². The highest BCUT2D eigenvalue weighted by Crippen LogP contribution is 2.09. The number of ether oxygens (including phenoxy) is 1. The van der Waals surface area contributed by atoms with Gasteiger partial charge in [-0.3, -0.25) is 0 Å². The van der Waals surface area contributed by atoms with E-state index in [-0.39, 0.29) is 6.61 Å². The minimum absolute atomic E-state index is 0.265. The van der Waals surface area contributed by atoms with E-state index in [0.717, 1.165) is 12.1 Å². The summed E-state index contributed by atoms with van der Waals surface area (Å²) in [6, 6.07) is 3.68. The minimum Gasteiger partial charge on any atom is -0.377 e. The van der Waals surface area contributed by atoms with Crippen LogP contribution in [0.3, 0.4) is 0 Å². The summed E-state index contributed by atoms with van der Waals surface area (Å²) in [5.74, 6) is -1.69. The van der Waals surface area contributed by atoms with E-state index in [1.54, 1.807) is 0 Å². The molecule has 12 heavy (non-hydrogen) atoms. The Kier molecular flexibility index (Phi) is 3.17. The second-order valence-corrected chi connectivity index (χ2v) is 2.30. The van der Waals surface area contributed by atoms with Crippen molar-refractivity contribution in [2.24, 2.45) is 0 Å². The SMILES string of the molecule is [CH2]COCc1ccc(F)c(F)c1. The number of benzene rings is 1. The molecule has 0 bridgehead atoms. The molecule has 0 aliphatic rings. The molecule has 0 heterocycles. The molecule has 0 fully saturated rings. The first kappa shape index (κ1) is 9.13. The molecule has 1 aromatic carbocycles. The lowest BCUT2D eigenvalue weighted by Crippen LogP contribution is -1.93. The number of halogens is 2. The minimum atomic E-state index is -0.847. The third kappa shape index (κ3) is 2.27. The molecule has 3 heteroatoms. The van der Waals surface area contributed by atoms with Crippen LogP contribution >= 0.6 is 0 Å². The molecule has 0 N–H and O–H groups in total. The van der Waals surface area contributed by atoms with Crippen LogP contribution in [0.2, 0.25) is 0 Å². The highest BCUT2D eigenvalue weighted by Gasteiger charge is 2.01. The van der Waals surface area contributed by atoms with Crippen molar-refractivity contribution < 1.29 is 13.5 Å². The fraction of sp³-hybridized carbons (Fsp3) is 0.222. The van der Waals surface area contributed by atoms with Gasteiger partial charge in [-0.15, -0.1) is 0 Å². The summed E-state index contributed by atoms with van der Waals surface area (Å²) >= 11 is 0. The quantitative estimate of drug-likeness (QED) is 0.678. The van der Waals surface area contributed by atoms with Crippen LogP contribution in [0.25, 0.3) is 0 Å². The molecule has 1 rings (SSSR count). The first-order chi connectivity index (χ1) is 5.74. The molecule has 0 aliphatic carbocycles. The molecule has 1 radical (unpaired) electrons. The van der Waals surface area contributed by atoms with Crippen LogP contribution < -0.4 is 0 Å². The Morgan fingerprint density at radius 1 is 1.25 bits per heavy atom. The van der Waals surface area contributed by atoms with Crippen molar-refractivity contribution in [2.75, 3.05) is 6.61 Å². The lowest BCUT2D eigenvalue weighted by Gasteiger charge is -2.01. The Morgan fingerprint density at radius 2 is 2.00 bits per heavy atom. The van der Waals surface area contributed by atoms with Crippen LogP contribution in [0, 0.1) is 18.6 Å². The topological polar surface area (TPSA) is 9.23 Å². The van der Waals surface area contributed by atoms with Gasteiger partial charge in [-0.2, -0.15) is 0 Å². The summed E-state index contributed by atoms with van der Waals surface area (Å²) < 4.78 is 29.9. The standard InChI is InChI=1S/C9H9F2O/c1-2-12-6-7-3-4-8(10)9(11)5-7/h3-5H,1-2,6H2. The number of rotatable bonds is 3. The van der Waals surface area contributed by atoms with Crippen molar-refractivity contribution in [3.8, 4) is 0 Å². The zero-order chi connectivity index (χ0) is 8.97. The molecule has 0 saturated carbocycles. The van der Waals surface area contributed by atoms with Gasteiger partial charge in [0.25, 0.3) is 0 Å². The van der Waals surface area contributed by atoms with Crippen LogP contribution in [0.4, 0.5) is 8.78 Å². The van der Waals surface area contributed by atoms with Crippen molar-refractivity contribution >= 4 is 0 Å². The Labute approximate surface area is 70.0 Å². The molecule has 0 unspecified atom stereocenters. The van der Waals surface area contributed by atoms with E-state index in [0.29, 0.717) is 12.2 Å². The highest BCUT2D eigenvalue weighted by atomic mass is 19.2. The largest absolute Gasteiger partial charge is 0.377 e. The molecular weight excluding hydrogens is 162 g/mol. The third-order valence-electron chi connectivity index (χ3n) is 1.40. The Bertz CT molecular complexity index is 261. The van der Waals surface area contributed by atoms with E-state index < -0.39 is 11.6 Å². The fourth-order valence-electron chi connectivity index (χ4n) is 0.819. The maximum atomic E-state index is 12.6. The van der Waals surface area contributed by atoms with Crippen LogP contribution in [-0.2, 0) is 11.3 Å². The number of hydrogen-bond acceptors (Lipinski definition) is 1. The summed E-state index contributed by atoms with van der Waals surface area (Å²) in [6.07, 6.45) is 0. The van der Waals surface area contributed by atoms with Gasteiger partial charge >= 0.3 is 0 Å². The molecule has 1 aromatic rings. The second-order valence-electron chi connectivity index (χ2n) is 2.30. The van der Waals surface area contributed by atoms with Gasteiger partial charge in [-0.25, -0.2) is 8.78 Å². The molecule has 0 aliphatic heterocycles. The maximum Gasteiger partial charge on any atom is 0.159 e. The van der Waals surface area contributed by atoms with E-state index in [9.17, 15) is 8.78 Å². The smallest absolute Gasteiger partial charge is 0.159 e. The van der Waals surface area contributed by atoms with Gasteiger partial charge < -0.3 is 4.74 Å². The molecule has 1 nitrogen and oxygen atoms in total. The van der Waals surface area contributed by atoms with Gasteiger partial charge in [-0.1, -0.05) is 6.07 Å². The van der Waals surface area contributed by atoms with Gasteiger partial charge in [0.1, 0.15) is 0 Å². The van der Waals surface area contributed by atoms with Crippen LogP contribution in [0.1, 0.15) is 5.56 Å². The van der Waals surface area contributed by atoms with Gasteiger partial charge in [0, 0.05) is 6.61 Å². The lowest BCUT2D eigenvalue weighted by atomic mass is 10.2. The van der Waals surface area contributed by atoms with Crippen molar-refractivity contribution in [2.45, 2.75) is 6.61 Å². The van der Waals surface area contributed by atoms with E-state index in [1.807, 2.05) is 0 Å². The number of hydrogen-bond donors (Lipinski definition) is 0. The van der Waals surface area contributed by atoms with E-state index >= 15 is 0 Å². The molecule has 0 aromatic heterocycles. The summed E-state index contributed by atoms with van der Waals surface area (Å²) in [5.41, 5.74) is 0.609. The second kappa shape index (κ2) is 4.16. The Balaban J connectivity index is 2.69. The molecule has 65 valence electrons. The van der Waals surface area contributed by atoms with Crippen molar-refractivity contribution in [3.05, 3.63) is 42.3 Å². The van der Waals surface area contributed by atoms with Gasteiger partial charge in [0.05, 0.1) is 6.61 Å². The maximum absolute atomic E-state index is 12.6. The summed E-state index contributed by atoms with van der Waals surface area (Å²) in [5, 5.41) is 0. The first-order valence-electron chi connectivity index (χ1n) is 3.55. The van der Waals surface area contributed by atoms with Crippen LogP contribution in [-0.4, -0.2) is 6.61 Å². The Morgan fingerprint density at radius 3 is 2.58 bits per heavy atom. The zero-order valence-corrected chi connectivity index (χ0v) is 6.52. The molecular formula is C9H9F2O. The van der Waals surface area contributed by atoms with E-state index in [1.165, 1.54) is 6.07 Å². The monoisotopic (exact) mass is 171 g/mol. The van der Waals surface area contributed by atoms with E-state index in [2.05, 4.69) is 6.92 Å². The molecule has 0 amide bonds. The highest BCUT2D eigenvalue weighted by molar-refractivity contribution is 5.16. The summed E-state index contributed by atoms with van der Waals surface area (Å²) in [7, 11) is 0. The zero-order valence-electron chi connectivity index (χ0n) is 6.52. The summed E-state index contributed by atoms with van der Waals surface area (Å²) in [6.45, 7) is 4.03. The predicted molar refractivity (Wildman–Crippen MR) is 41.4 cm³/mol. The van der Waals surface area contributed by atoms with Gasteiger partial charge in [0.2, 0.25) is 0 Å². The average Bonchev–Trinajstić information content (AvgIpc) is 2.07. The van der Waals surface area contributed by atoms with Crippen molar-refractivity contribution in [1.29, 1.82) is 0 Å². The van der Waals surface area contributed by atoms with Gasteiger partial charge in [0.15, 0.2) is 11.6 Å². The predicted octanol–water partition coefficient (Wildman–Crippen LogP) is 2.32. The Hall–Kier alpha value is -0.960. The molecule has 0 saturated heterocycles. The lowest BCUT2D eigenvalue weighted by molar-refractivity contribution is 0.147. The van der Waals surface area contributed by atoms with Crippen molar-refractivity contribution in [3.63, 3.8) is 0 Å². The fourth-order valence-corrected chi connectivity index (χ4v) is 0.819. The van der Waals surface area contributed by atoms with Crippen LogP contribution in [0.15, 0.2) is 18.2 Å². The summed E-state index contributed by atoms with van der Waals surface area (Å²) in [4.78, 5) is 0. The average molecular weight is 171 g/mol. The van der Waals surface area contributed by atoms with Crippen LogP contribution in [0.5, 0.6) is 0 Å². The normalized spacial score (nSPS) is 10.2. The first-order valence-corrected chi connectivity index (χ1v) is 3.55. The third-order valence-corrected chi connectivity index (χ3v) is 1.40. The van der Waals surface area contributed by atoms with E-state index in [4.69, 9.17) is 4.74 Å².